The summed E-state index contributed by atoms with van der Waals surface area (Å²) < 4.78 is 10.3. The second-order valence-corrected chi connectivity index (χ2v) is 5.75. The molecular formula is C17H32O4. The minimum Gasteiger partial charge on any atom is -0.465 e. The van der Waals surface area contributed by atoms with E-state index in [2.05, 4.69) is 6.92 Å². The Labute approximate surface area is 129 Å². The molecule has 0 N–H and O–H groups in total. The van der Waals surface area contributed by atoms with Crippen molar-refractivity contribution >= 4 is 11.9 Å². The predicted octanol–water partition coefficient (Wildman–Crippen LogP) is 4.26. The standard InChI is InChI=1S/C17H32O4/c1-5-7-8-9-10-11-12-20-16(18)13-17(19)21-15(4)14(3)6-2/h14-15H,5-13H2,1-4H3. The Balaban J connectivity index is 3.62. The number of esters is 2. The molecule has 0 aromatic heterocycles. The van der Waals surface area contributed by atoms with Crippen molar-refractivity contribution in [1.82, 2.24) is 0 Å². The summed E-state index contributed by atoms with van der Waals surface area (Å²) in [6, 6.07) is 0. The summed E-state index contributed by atoms with van der Waals surface area (Å²) in [4.78, 5) is 23.1. The van der Waals surface area contributed by atoms with Crippen LogP contribution < -0.4 is 0 Å². The minimum absolute atomic E-state index is 0.158. The van der Waals surface area contributed by atoms with Crippen LogP contribution in [0.5, 0.6) is 0 Å². The average molecular weight is 300 g/mol. The van der Waals surface area contributed by atoms with E-state index in [1.54, 1.807) is 0 Å². The van der Waals surface area contributed by atoms with Crippen LogP contribution in [-0.4, -0.2) is 24.6 Å². The highest BCUT2D eigenvalue weighted by Crippen LogP contribution is 2.11. The van der Waals surface area contributed by atoms with Crippen LogP contribution in [0.2, 0.25) is 0 Å². The molecule has 0 radical (unpaired) electrons. The van der Waals surface area contributed by atoms with Gasteiger partial charge in [0.25, 0.3) is 0 Å². The molecule has 124 valence electrons. The van der Waals surface area contributed by atoms with Crippen molar-refractivity contribution in [1.29, 1.82) is 0 Å². The van der Waals surface area contributed by atoms with Gasteiger partial charge in [-0.25, -0.2) is 0 Å². The molecule has 0 amide bonds. The molecule has 0 fully saturated rings. The fourth-order valence-electron chi connectivity index (χ4n) is 1.93. The van der Waals surface area contributed by atoms with Crippen molar-refractivity contribution in [3.05, 3.63) is 0 Å². The molecule has 4 nitrogen and oxygen atoms in total. The van der Waals surface area contributed by atoms with Gasteiger partial charge in [0.1, 0.15) is 12.5 Å². The third-order valence-electron chi connectivity index (χ3n) is 3.81. The lowest BCUT2D eigenvalue weighted by atomic mass is 10.0. The van der Waals surface area contributed by atoms with E-state index in [4.69, 9.17) is 9.47 Å². The van der Waals surface area contributed by atoms with Crippen LogP contribution in [0, 0.1) is 5.92 Å². The molecule has 2 atom stereocenters. The van der Waals surface area contributed by atoms with Crippen LogP contribution in [0.3, 0.4) is 0 Å². The molecule has 0 aliphatic heterocycles. The van der Waals surface area contributed by atoms with Crippen molar-refractivity contribution in [2.24, 2.45) is 5.92 Å². The highest BCUT2D eigenvalue weighted by atomic mass is 16.6. The molecule has 2 unspecified atom stereocenters. The van der Waals surface area contributed by atoms with Gasteiger partial charge in [0.05, 0.1) is 6.61 Å². The topological polar surface area (TPSA) is 52.6 Å². The van der Waals surface area contributed by atoms with Crippen molar-refractivity contribution in [3.63, 3.8) is 0 Å². The van der Waals surface area contributed by atoms with E-state index in [1.807, 2.05) is 20.8 Å². The third kappa shape index (κ3) is 11.3. The van der Waals surface area contributed by atoms with Gasteiger partial charge in [0.2, 0.25) is 0 Å². The van der Waals surface area contributed by atoms with Crippen molar-refractivity contribution in [3.8, 4) is 0 Å². The number of hydrogen-bond donors (Lipinski definition) is 0. The first-order valence-electron chi connectivity index (χ1n) is 8.36. The molecule has 0 bridgehead atoms. The molecule has 0 aromatic rings. The van der Waals surface area contributed by atoms with Crippen LogP contribution >= 0.6 is 0 Å². The largest absolute Gasteiger partial charge is 0.465 e. The molecular weight excluding hydrogens is 268 g/mol. The average Bonchev–Trinajstić information content (AvgIpc) is 2.45. The second-order valence-electron chi connectivity index (χ2n) is 5.75. The Morgan fingerprint density at radius 3 is 2.14 bits per heavy atom. The van der Waals surface area contributed by atoms with Crippen LogP contribution in [-0.2, 0) is 19.1 Å². The summed E-state index contributed by atoms with van der Waals surface area (Å²) >= 11 is 0. The summed E-state index contributed by atoms with van der Waals surface area (Å²) in [5, 5.41) is 0. The highest BCUT2D eigenvalue weighted by molar-refractivity contribution is 5.91. The third-order valence-corrected chi connectivity index (χ3v) is 3.81. The Hall–Kier alpha value is -1.06. The van der Waals surface area contributed by atoms with Gasteiger partial charge in [0.15, 0.2) is 0 Å². The molecule has 0 heterocycles. The molecule has 0 aromatic carbocycles. The zero-order chi connectivity index (χ0) is 16.1. The van der Waals surface area contributed by atoms with E-state index in [0.717, 1.165) is 19.3 Å². The number of carbonyl (C=O) groups excluding carboxylic acids is 2. The molecule has 0 spiro atoms. The van der Waals surface area contributed by atoms with Crippen LogP contribution in [0.4, 0.5) is 0 Å². The molecule has 21 heavy (non-hydrogen) atoms. The van der Waals surface area contributed by atoms with E-state index in [-0.39, 0.29) is 12.5 Å². The summed E-state index contributed by atoms with van der Waals surface area (Å²) in [6.07, 6.45) is 7.36. The Morgan fingerprint density at radius 1 is 0.905 bits per heavy atom. The molecule has 0 aliphatic rings. The number of hydrogen-bond acceptors (Lipinski definition) is 4. The van der Waals surface area contributed by atoms with Gasteiger partial charge in [-0.15, -0.1) is 0 Å². The zero-order valence-electron chi connectivity index (χ0n) is 14.2. The number of rotatable bonds is 12. The quantitative estimate of drug-likeness (QED) is 0.307. The van der Waals surface area contributed by atoms with Crippen LogP contribution in [0.1, 0.15) is 79.1 Å². The van der Waals surface area contributed by atoms with Crippen molar-refractivity contribution in [2.45, 2.75) is 85.2 Å². The molecule has 4 heteroatoms. The maximum atomic E-state index is 11.6. The lowest BCUT2D eigenvalue weighted by Gasteiger charge is -2.18. The van der Waals surface area contributed by atoms with E-state index in [1.165, 1.54) is 25.7 Å². The van der Waals surface area contributed by atoms with E-state index < -0.39 is 11.9 Å². The van der Waals surface area contributed by atoms with Crippen molar-refractivity contribution < 1.29 is 19.1 Å². The fourth-order valence-corrected chi connectivity index (χ4v) is 1.93. The summed E-state index contributed by atoms with van der Waals surface area (Å²) in [5.41, 5.74) is 0. The summed E-state index contributed by atoms with van der Waals surface area (Å²) in [7, 11) is 0. The van der Waals surface area contributed by atoms with Gasteiger partial charge in [-0.05, 0) is 19.3 Å². The molecule has 0 aliphatic carbocycles. The predicted molar refractivity (Wildman–Crippen MR) is 84.0 cm³/mol. The lowest BCUT2D eigenvalue weighted by molar-refractivity contribution is -0.158. The van der Waals surface area contributed by atoms with Gasteiger partial charge in [-0.1, -0.05) is 59.3 Å². The smallest absolute Gasteiger partial charge is 0.317 e. The number of ether oxygens (including phenoxy) is 2. The Morgan fingerprint density at radius 2 is 1.52 bits per heavy atom. The van der Waals surface area contributed by atoms with Gasteiger partial charge in [-0.2, -0.15) is 0 Å². The summed E-state index contributed by atoms with van der Waals surface area (Å²) in [6.45, 7) is 8.51. The second kappa shape index (κ2) is 12.7. The van der Waals surface area contributed by atoms with E-state index >= 15 is 0 Å². The SMILES string of the molecule is CCCCCCCCOC(=O)CC(=O)OC(C)C(C)CC. The van der Waals surface area contributed by atoms with E-state index in [0.29, 0.717) is 12.5 Å². The fraction of sp³-hybridized carbons (Fsp3) is 0.882. The highest BCUT2D eigenvalue weighted by Gasteiger charge is 2.18. The number of unbranched alkanes of at least 4 members (excludes halogenated alkanes) is 5. The Bertz CT molecular complexity index is 289. The van der Waals surface area contributed by atoms with E-state index in [9.17, 15) is 9.59 Å². The maximum absolute atomic E-state index is 11.6. The monoisotopic (exact) mass is 300 g/mol. The molecule has 0 saturated heterocycles. The summed E-state index contributed by atoms with van der Waals surface area (Å²) in [5.74, 6) is -0.672. The molecule has 0 rings (SSSR count). The molecule has 0 saturated carbocycles. The number of carbonyl (C=O) groups is 2. The van der Waals surface area contributed by atoms with Crippen LogP contribution in [0.25, 0.3) is 0 Å². The van der Waals surface area contributed by atoms with Crippen LogP contribution in [0.15, 0.2) is 0 Å². The first-order valence-corrected chi connectivity index (χ1v) is 8.36. The van der Waals surface area contributed by atoms with Crippen molar-refractivity contribution in [2.75, 3.05) is 6.61 Å². The maximum Gasteiger partial charge on any atom is 0.317 e. The van der Waals surface area contributed by atoms with Gasteiger partial charge < -0.3 is 9.47 Å². The minimum atomic E-state index is -0.490. The van der Waals surface area contributed by atoms with Gasteiger partial charge in [0, 0.05) is 0 Å². The Kier molecular flexibility index (Phi) is 12.0. The zero-order valence-corrected chi connectivity index (χ0v) is 14.2. The van der Waals surface area contributed by atoms with Gasteiger partial charge in [-0.3, -0.25) is 9.59 Å². The van der Waals surface area contributed by atoms with Gasteiger partial charge >= 0.3 is 11.9 Å². The first-order chi connectivity index (χ1) is 10.0. The first kappa shape index (κ1) is 19.9. The normalized spacial score (nSPS) is 13.5. The lowest BCUT2D eigenvalue weighted by Crippen LogP contribution is -2.23.